The van der Waals surface area contributed by atoms with Gasteiger partial charge in [-0.2, -0.15) is 0 Å². The van der Waals surface area contributed by atoms with Crippen LogP contribution >= 0.6 is 11.3 Å². The van der Waals surface area contributed by atoms with Gasteiger partial charge < -0.3 is 10.5 Å². The van der Waals surface area contributed by atoms with Crippen molar-refractivity contribution in [1.82, 2.24) is 0 Å². The van der Waals surface area contributed by atoms with Crippen LogP contribution in [0.15, 0.2) is 17.5 Å². The Hall–Kier alpha value is -0.870. The summed E-state index contributed by atoms with van der Waals surface area (Å²) in [5.41, 5.74) is 5.87. The third kappa shape index (κ3) is 3.30. The van der Waals surface area contributed by atoms with Crippen molar-refractivity contribution < 1.29 is 9.53 Å². The average Bonchev–Trinajstić information content (AvgIpc) is 2.81. The van der Waals surface area contributed by atoms with E-state index in [1.807, 2.05) is 17.5 Å². The van der Waals surface area contributed by atoms with Crippen molar-refractivity contribution in [3.05, 3.63) is 22.4 Å². The van der Waals surface area contributed by atoms with E-state index < -0.39 is 6.04 Å². The van der Waals surface area contributed by atoms with E-state index in [4.69, 9.17) is 10.5 Å². The summed E-state index contributed by atoms with van der Waals surface area (Å²) in [5.74, 6) is 0.367. The molecular formula is C13H19NO2S. The Balaban J connectivity index is 1.88. The number of carbonyl (C=O) groups excluding carboxylic acids is 1. The van der Waals surface area contributed by atoms with Gasteiger partial charge in [-0.3, -0.25) is 0 Å². The van der Waals surface area contributed by atoms with Crippen LogP contribution in [0.25, 0.3) is 0 Å². The molecule has 3 unspecified atom stereocenters. The van der Waals surface area contributed by atoms with E-state index in [2.05, 4.69) is 6.92 Å². The molecule has 0 bridgehead atoms. The Morgan fingerprint density at radius 2 is 2.41 bits per heavy atom. The van der Waals surface area contributed by atoms with Gasteiger partial charge in [-0.1, -0.05) is 19.4 Å². The van der Waals surface area contributed by atoms with E-state index in [1.54, 1.807) is 0 Å². The first-order valence-corrected chi connectivity index (χ1v) is 7.04. The molecule has 17 heavy (non-hydrogen) atoms. The molecule has 0 spiro atoms. The average molecular weight is 253 g/mol. The molecule has 0 aromatic carbocycles. The molecule has 1 fully saturated rings. The second-order valence-corrected chi connectivity index (χ2v) is 5.80. The lowest BCUT2D eigenvalue weighted by molar-refractivity contribution is -0.152. The molecule has 0 radical (unpaired) electrons. The van der Waals surface area contributed by atoms with Crippen molar-refractivity contribution in [2.75, 3.05) is 0 Å². The number of hydrogen-bond donors (Lipinski definition) is 1. The van der Waals surface area contributed by atoms with Crippen LogP contribution in [0.1, 0.15) is 43.5 Å². The van der Waals surface area contributed by atoms with Gasteiger partial charge in [0, 0.05) is 4.88 Å². The minimum Gasteiger partial charge on any atom is -0.461 e. The Labute approximate surface area is 106 Å². The highest BCUT2D eigenvalue weighted by atomic mass is 32.1. The largest absolute Gasteiger partial charge is 0.461 e. The normalized spacial score (nSPS) is 26.5. The van der Waals surface area contributed by atoms with E-state index >= 15 is 0 Å². The number of carbonyl (C=O) groups is 1. The van der Waals surface area contributed by atoms with E-state index in [9.17, 15) is 4.79 Å². The second kappa shape index (κ2) is 5.65. The first-order valence-electron chi connectivity index (χ1n) is 6.16. The number of nitrogens with two attached hydrogens (primary N) is 1. The minimum atomic E-state index is -0.618. The van der Waals surface area contributed by atoms with Crippen molar-refractivity contribution in [3.63, 3.8) is 0 Å². The molecule has 2 N–H and O–H groups in total. The smallest absolute Gasteiger partial charge is 0.328 e. The zero-order valence-corrected chi connectivity index (χ0v) is 10.9. The molecule has 1 heterocycles. The van der Waals surface area contributed by atoms with Crippen molar-refractivity contribution >= 4 is 17.3 Å². The molecule has 4 heteroatoms. The zero-order chi connectivity index (χ0) is 12.3. The molecule has 1 aromatic heterocycles. The summed E-state index contributed by atoms with van der Waals surface area (Å²) in [6, 6.07) is 3.16. The van der Waals surface area contributed by atoms with Gasteiger partial charge in [-0.25, -0.2) is 4.79 Å². The summed E-state index contributed by atoms with van der Waals surface area (Å²) in [6.07, 6.45) is 4.41. The van der Waals surface area contributed by atoms with Crippen LogP contribution in [-0.2, 0) is 9.53 Å². The van der Waals surface area contributed by atoms with Crippen molar-refractivity contribution in [2.45, 2.75) is 44.8 Å². The molecule has 1 aliphatic carbocycles. The lowest BCUT2D eigenvalue weighted by atomic mass is 9.89. The van der Waals surface area contributed by atoms with Crippen LogP contribution in [0.2, 0.25) is 0 Å². The van der Waals surface area contributed by atoms with Crippen LogP contribution in [0, 0.1) is 5.92 Å². The molecule has 2 rings (SSSR count). The fourth-order valence-electron chi connectivity index (χ4n) is 2.31. The quantitative estimate of drug-likeness (QED) is 0.843. The lowest BCUT2D eigenvalue weighted by Crippen LogP contribution is -2.30. The molecular weight excluding hydrogens is 234 g/mol. The Morgan fingerprint density at radius 3 is 3.06 bits per heavy atom. The highest BCUT2D eigenvalue weighted by molar-refractivity contribution is 7.10. The summed E-state index contributed by atoms with van der Waals surface area (Å²) >= 11 is 1.50. The fourth-order valence-corrected chi connectivity index (χ4v) is 3.02. The Bertz CT molecular complexity index is 364. The van der Waals surface area contributed by atoms with Gasteiger partial charge in [-0.15, -0.1) is 11.3 Å². The summed E-state index contributed by atoms with van der Waals surface area (Å²) in [6.45, 7) is 2.21. The third-order valence-corrected chi connectivity index (χ3v) is 4.23. The monoisotopic (exact) mass is 253 g/mol. The van der Waals surface area contributed by atoms with E-state index in [-0.39, 0.29) is 12.1 Å². The molecule has 3 nitrogen and oxygen atoms in total. The van der Waals surface area contributed by atoms with Crippen molar-refractivity contribution in [1.29, 1.82) is 0 Å². The predicted octanol–water partition coefficient (Wildman–Crippen LogP) is 2.87. The van der Waals surface area contributed by atoms with E-state index in [0.29, 0.717) is 5.92 Å². The summed E-state index contributed by atoms with van der Waals surface area (Å²) in [4.78, 5) is 12.7. The molecule has 1 saturated carbocycles. The van der Waals surface area contributed by atoms with Gasteiger partial charge in [0.25, 0.3) is 0 Å². The third-order valence-electron chi connectivity index (χ3n) is 3.27. The second-order valence-electron chi connectivity index (χ2n) is 4.82. The fraction of sp³-hybridized carbons (Fsp3) is 0.615. The minimum absolute atomic E-state index is 0.0669. The van der Waals surface area contributed by atoms with Gasteiger partial charge in [0.1, 0.15) is 12.1 Å². The topological polar surface area (TPSA) is 52.3 Å². The van der Waals surface area contributed by atoms with Crippen molar-refractivity contribution in [3.8, 4) is 0 Å². The number of esters is 1. The van der Waals surface area contributed by atoms with Gasteiger partial charge in [-0.05, 0) is 36.6 Å². The number of hydrogen-bond acceptors (Lipinski definition) is 4. The highest BCUT2D eigenvalue weighted by Gasteiger charge is 2.25. The molecule has 94 valence electrons. The van der Waals surface area contributed by atoms with Gasteiger partial charge in [0.2, 0.25) is 0 Å². The summed E-state index contributed by atoms with van der Waals surface area (Å²) in [5, 5.41) is 1.92. The van der Waals surface area contributed by atoms with Crippen molar-refractivity contribution in [2.24, 2.45) is 11.7 Å². The zero-order valence-electron chi connectivity index (χ0n) is 10.1. The highest BCUT2D eigenvalue weighted by Crippen LogP contribution is 2.27. The first-order chi connectivity index (χ1) is 8.16. The van der Waals surface area contributed by atoms with Crippen LogP contribution in [0.4, 0.5) is 0 Å². The maximum absolute atomic E-state index is 11.9. The molecule has 3 atom stereocenters. The van der Waals surface area contributed by atoms with E-state index in [1.165, 1.54) is 17.8 Å². The van der Waals surface area contributed by atoms with E-state index in [0.717, 1.165) is 24.1 Å². The Morgan fingerprint density at radius 1 is 1.59 bits per heavy atom. The summed E-state index contributed by atoms with van der Waals surface area (Å²) in [7, 11) is 0. The van der Waals surface area contributed by atoms with Gasteiger partial charge in [0.15, 0.2) is 0 Å². The van der Waals surface area contributed by atoms with Crippen LogP contribution < -0.4 is 5.73 Å². The molecule has 0 saturated heterocycles. The molecule has 0 amide bonds. The molecule has 1 aromatic rings. The predicted molar refractivity (Wildman–Crippen MR) is 68.8 cm³/mol. The number of thiophene rings is 1. The standard InChI is InChI=1S/C13H19NO2S/c1-9-4-2-5-10(8-9)16-13(15)12(14)11-6-3-7-17-11/h3,6-7,9-10,12H,2,4-5,8,14H2,1H3. The van der Waals surface area contributed by atoms with Crippen LogP contribution in [0.3, 0.4) is 0 Å². The van der Waals surface area contributed by atoms with Crippen LogP contribution in [-0.4, -0.2) is 12.1 Å². The number of rotatable bonds is 3. The SMILES string of the molecule is CC1CCCC(OC(=O)C(N)c2cccs2)C1. The number of ether oxygens (including phenoxy) is 1. The maximum Gasteiger partial charge on any atom is 0.328 e. The summed E-state index contributed by atoms with van der Waals surface area (Å²) < 4.78 is 5.49. The van der Waals surface area contributed by atoms with Gasteiger partial charge in [0.05, 0.1) is 0 Å². The molecule has 0 aliphatic heterocycles. The first kappa shape index (κ1) is 12.6. The molecule has 1 aliphatic rings. The Kier molecular flexibility index (Phi) is 4.18. The maximum atomic E-state index is 11.9. The van der Waals surface area contributed by atoms with Gasteiger partial charge >= 0.3 is 5.97 Å². The van der Waals surface area contributed by atoms with Crippen LogP contribution in [0.5, 0.6) is 0 Å². The lowest BCUT2D eigenvalue weighted by Gasteiger charge is -2.27.